The van der Waals surface area contributed by atoms with Crippen LogP contribution in [0.3, 0.4) is 0 Å². The first-order valence-corrected chi connectivity index (χ1v) is 8.03. The molecule has 12 heteroatoms. The first kappa shape index (κ1) is 22.0. The van der Waals surface area contributed by atoms with Crippen LogP contribution in [0.25, 0.3) is 0 Å². The maximum absolute atomic E-state index is 13.0. The molecule has 0 radical (unpaired) electrons. The number of benzene rings is 1. The molecule has 6 nitrogen and oxygen atoms in total. The van der Waals surface area contributed by atoms with E-state index >= 15 is 0 Å². The van der Waals surface area contributed by atoms with E-state index in [-0.39, 0.29) is 24.5 Å². The Hall–Kier alpha value is -2.34. The molecule has 2 rings (SSSR count). The second kappa shape index (κ2) is 7.59. The molecule has 156 valence electrons. The minimum Gasteiger partial charge on any atom is -0.394 e. The van der Waals surface area contributed by atoms with Crippen molar-refractivity contribution in [2.45, 2.75) is 36.8 Å². The summed E-state index contributed by atoms with van der Waals surface area (Å²) < 4.78 is 77.9. The van der Waals surface area contributed by atoms with Gasteiger partial charge in [-0.2, -0.15) is 26.3 Å². The summed E-state index contributed by atoms with van der Waals surface area (Å²) in [5.74, 6) is -1.65. The highest BCUT2D eigenvalue weighted by Gasteiger charge is 2.48. The summed E-state index contributed by atoms with van der Waals surface area (Å²) in [6.45, 7) is -1.26. The van der Waals surface area contributed by atoms with E-state index in [0.717, 1.165) is 0 Å². The van der Waals surface area contributed by atoms with Crippen molar-refractivity contribution in [2.75, 3.05) is 13.2 Å². The zero-order valence-electron chi connectivity index (χ0n) is 14.2. The van der Waals surface area contributed by atoms with Gasteiger partial charge in [0, 0.05) is 0 Å². The second-order valence-electron chi connectivity index (χ2n) is 6.43. The smallest absolute Gasteiger partial charge is 0.394 e. The van der Waals surface area contributed by atoms with Crippen LogP contribution in [-0.4, -0.2) is 36.1 Å². The Morgan fingerprint density at radius 3 is 1.96 bits per heavy atom. The number of nitrogens with two attached hydrogens (primary N) is 1. The first-order chi connectivity index (χ1) is 12.8. The van der Waals surface area contributed by atoms with E-state index in [2.05, 4.69) is 10.6 Å². The normalized spacial score (nSPS) is 17.0. The number of alkyl halides is 6. The lowest BCUT2D eigenvalue weighted by molar-refractivity contribution is -0.143. The molecular weight excluding hydrogens is 396 g/mol. The lowest BCUT2D eigenvalue weighted by Crippen LogP contribution is -2.48. The zero-order chi connectivity index (χ0) is 21.3. The summed E-state index contributed by atoms with van der Waals surface area (Å²) >= 11 is 0. The minimum atomic E-state index is -5.00. The molecule has 0 spiro atoms. The van der Waals surface area contributed by atoms with Crippen molar-refractivity contribution in [3.05, 3.63) is 34.9 Å². The highest BCUT2D eigenvalue weighted by atomic mass is 19.4. The zero-order valence-corrected chi connectivity index (χ0v) is 14.2. The highest BCUT2D eigenvalue weighted by Crippen LogP contribution is 2.48. The van der Waals surface area contributed by atoms with Crippen LogP contribution in [0.2, 0.25) is 0 Å². The van der Waals surface area contributed by atoms with Gasteiger partial charge in [0.2, 0.25) is 11.8 Å². The van der Waals surface area contributed by atoms with Crippen LogP contribution in [0.1, 0.15) is 29.5 Å². The largest absolute Gasteiger partial charge is 0.416 e. The van der Waals surface area contributed by atoms with Crippen LogP contribution in [0.15, 0.2) is 18.2 Å². The molecule has 0 aliphatic heterocycles. The van der Waals surface area contributed by atoms with E-state index in [9.17, 15) is 35.9 Å². The molecule has 1 saturated carbocycles. The molecule has 1 fully saturated rings. The monoisotopic (exact) mass is 413 g/mol. The van der Waals surface area contributed by atoms with Crippen molar-refractivity contribution in [3.63, 3.8) is 0 Å². The van der Waals surface area contributed by atoms with Crippen molar-refractivity contribution in [1.82, 2.24) is 10.6 Å². The third-order valence-corrected chi connectivity index (χ3v) is 4.23. The van der Waals surface area contributed by atoms with E-state index < -0.39 is 60.0 Å². The number of carbonyl (C=O) groups is 2. The molecular formula is C16H17F6N3O3. The van der Waals surface area contributed by atoms with Gasteiger partial charge in [-0.1, -0.05) is 0 Å². The van der Waals surface area contributed by atoms with Gasteiger partial charge in [0.1, 0.15) is 6.04 Å². The molecule has 5 N–H and O–H groups in total. The number of hydrogen-bond acceptors (Lipinski definition) is 4. The van der Waals surface area contributed by atoms with E-state index in [0.29, 0.717) is 12.1 Å². The maximum atomic E-state index is 13.0. The Labute approximate surface area is 155 Å². The second-order valence-corrected chi connectivity index (χ2v) is 6.43. The van der Waals surface area contributed by atoms with E-state index in [1.165, 1.54) is 0 Å². The Morgan fingerprint density at radius 1 is 1.07 bits per heavy atom. The molecule has 28 heavy (non-hydrogen) atoms. The third-order valence-electron chi connectivity index (χ3n) is 4.23. The average molecular weight is 413 g/mol. The average Bonchev–Trinajstić information content (AvgIpc) is 3.37. The van der Waals surface area contributed by atoms with Gasteiger partial charge < -0.3 is 21.5 Å². The van der Waals surface area contributed by atoms with Crippen LogP contribution in [0.5, 0.6) is 0 Å². The number of amides is 2. The third kappa shape index (κ3) is 5.13. The number of carbonyl (C=O) groups excluding carboxylic acids is 2. The molecule has 1 atom stereocenters. The quantitative estimate of drug-likeness (QED) is 0.527. The van der Waals surface area contributed by atoms with Gasteiger partial charge in [-0.15, -0.1) is 0 Å². The predicted molar refractivity (Wildman–Crippen MR) is 83.6 cm³/mol. The summed E-state index contributed by atoms with van der Waals surface area (Å²) in [5, 5.41) is 13.2. The lowest BCUT2D eigenvalue weighted by atomic mass is 9.97. The number of aliphatic hydroxyl groups is 1. The molecule has 0 bridgehead atoms. The summed E-state index contributed by atoms with van der Waals surface area (Å²) in [7, 11) is 0. The lowest BCUT2D eigenvalue weighted by Gasteiger charge is -2.22. The summed E-state index contributed by atoms with van der Waals surface area (Å²) in [5.41, 5.74) is 0.606. The van der Waals surface area contributed by atoms with Gasteiger partial charge in [-0.25, -0.2) is 0 Å². The molecule has 1 aromatic rings. The fraction of sp³-hybridized carbons (Fsp3) is 0.500. The van der Waals surface area contributed by atoms with Crippen LogP contribution in [-0.2, 0) is 27.5 Å². The standard InChI is InChI=1S/C16H17F6N3O3/c17-15(18,19)9-3-8(4-10(5-9)16(20,21)22)14(1-2-14)25-12(27)6-24-13(28)11(23)7-26/h3-5,11,26H,1-2,6-7,23H2,(H,24,28)(H,25,27)/t11-/m1/s1. The molecule has 2 amide bonds. The Bertz CT molecular complexity index is 727. The molecule has 1 aliphatic carbocycles. The molecule has 0 saturated heterocycles. The fourth-order valence-corrected chi connectivity index (χ4v) is 2.53. The van der Waals surface area contributed by atoms with Gasteiger partial charge in [-0.3, -0.25) is 9.59 Å². The molecule has 1 aliphatic rings. The van der Waals surface area contributed by atoms with Crippen LogP contribution in [0.4, 0.5) is 26.3 Å². The fourth-order valence-electron chi connectivity index (χ4n) is 2.53. The first-order valence-electron chi connectivity index (χ1n) is 8.03. The number of halogens is 6. The summed E-state index contributed by atoms with van der Waals surface area (Å²) in [6, 6.07) is -0.107. The predicted octanol–water partition coefficient (Wildman–Crippen LogP) is 1.27. The number of nitrogens with one attached hydrogen (secondary N) is 2. The molecule has 0 unspecified atom stereocenters. The van der Waals surface area contributed by atoms with Gasteiger partial charge in [0.25, 0.3) is 0 Å². The van der Waals surface area contributed by atoms with Gasteiger partial charge in [0.15, 0.2) is 0 Å². The van der Waals surface area contributed by atoms with Crippen molar-refractivity contribution >= 4 is 11.8 Å². The van der Waals surface area contributed by atoms with Crippen molar-refractivity contribution in [3.8, 4) is 0 Å². The Balaban J connectivity index is 2.21. The molecule has 0 aromatic heterocycles. The number of hydrogen-bond donors (Lipinski definition) is 4. The number of rotatable bonds is 6. The van der Waals surface area contributed by atoms with Gasteiger partial charge in [0.05, 0.1) is 29.8 Å². The molecule has 1 aromatic carbocycles. The van der Waals surface area contributed by atoms with Gasteiger partial charge in [-0.05, 0) is 36.6 Å². The minimum absolute atomic E-state index is 0.0118. The SMILES string of the molecule is N[C@H](CO)C(=O)NCC(=O)NC1(c2cc(C(F)(F)F)cc(C(F)(F)F)c2)CC1. The highest BCUT2D eigenvalue weighted by molar-refractivity contribution is 5.87. The van der Waals surface area contributed by atoms with Crippen LogP contribution < -0.4 is 16.4 Å². The van der Waals surface area contributed by atoms with Gasteiger partial charge >= 0.3 is 12.4 Å². The Morgan fingerprint density at radius 2 is 1.57 bits per heavy atom. The summed E-state index contributed by atoms with van der Waals surface area (Å²) in [4.78, 5) is 23.4. The number of aliphatic hydroxyl groups excluding tert-OH is 1. The van der Waals surface area contributed by atoms with Crippen molar-refractivity contribution < 1.29 is 41.0 Å². The van der Waals surface area contributed by atoms with E-state index in [4.69, 9.17) is 10.8 Å². The van der Waals surface area contributed by atoms with E-state index in [1.54, 1.807) is 0 Å². The Kier molecular flexibility index (Phi) is 5.95. The topological polar surface area (TPSA) is 104 Å². The van der Waals surface area contributed by atoms with Crippen molar-refractivity contribution in [1.29, 1.82) is 0 Å². The molecule has 0 heterocycles. The van der Waals surface area contributed by atoms with Crippen LogP contribution >= 0.6 is 0 Å². The van der Waals surface area contributed by atoms with Crippen LogP contribution in [0, 0.1) is 0 Å². The maximum Gasteiger partial charge on any atom is 0.416 e. The van der Waals surface area contributed by atoms with E-state index in [1.807, 2.05) is 0 Å². The summed E-state index contributed by atoms with van der Waals surface area (Å²) in [6.07, 6.45) is -9.71. The van der Waals surface area contributed by atoms with Crippen molar-refractivity contribution in [2.24, 2.45) is 5.73 Å².